The highest BCUT2D eigenvalue weighted by Crippen LogP contribution is 2.21. The lowest BCUT2D eigenvalue weighted by atomic mass is 9.98. The molecule has 2 aromatic rings. The first-order valence-corrected chi connectivity index (χ1v) is 12.5. The number of carbonyl (C=O) groups is 4. The Morgan fingerprint density at radius 3 is 1.95 bits per heavy atom. The van der Waals surface area contributed by atoms with Crippen molar-refractivity contribution in [2.75, 3.05) is 0 Å². The van der Waals surface area contributed by atoms with E-state index in [1.807, 2.05) is 31.2 Å². The van der Waals surface area contributed by atoms with Crippen molar-refractivity contribution in [3.8, 4) is 5.75 Å². The van der Waals surface area contributed by atoms with Crippen LogP contribution in [0.3, 0.4) is 0 Å². The van der Waals surface area contributed by atoms with Crippen LogP contribution in [0.2, 0.25) is 0 Å². The summed E-state index contributed by atoms with van der Waals surface area (Å²) in [5.74, 6) is -1.48. The zero-order valence-corrected chi connectivity index (χ0v) is 22.6. The predicted octanol–water partition coefficient (Wildman–Crippen LogP) is 6.68. The minimum Gasteiger partial charge on any atom is -0.478 e. The third-order valence-corrected chi connectivity index (χ3v) is 5.38. The number of hydrogen-bond acceptors (Lipinski definition) is 6. The van der Waals surface area contributed by atoms with Gasteiger partial charge in [0, 0.05) is 23.3 Å². The van der Waals surface area contributed by atoms with Gasteiger partial charge in [0.25, 0.3) is 0 Å². The maximum atomic E-state index is 12.1. The highest BCUT2D eigenvalue weighted by molar-refractivity contribution is 6.06. The largest absolute Gasteiger partial charge is 0.478 e. The SMILES string of the molecule is C=C(C)C(=O)OC1CCCCC1.C=CC(=O)O.C=CC(=O)Oc1ccc(C(=O)C=Cc2ccc(C)cc2)cc1. The van der Waals surface area contributed by atoms with E-state index in [2.05, 4.69) is 19.7 Å². The second-order valence-corrected chi connectivity index (χ2v) is 8.75. The van der Waals surface area contributed by atoms with Gasteiger partial charge >= 0.3 is 17.9 Å². The van der Waals surface area contributed by atoms with Crippen molar-refractivity contribution in [2.45, 2.75) is 52.1 Å². The number of allylic oxidation sites excluding steroid dienone is 1. The Hall–Kier alpha value is -4.52. The van der Waals surface area contributed by atoms with Crippen LogP contribution < -0.4 is 4.74 Å². The molecule has 0 saturated heterocycles. The topological polar surface area (TPSA) is 107 Å². The maximum Gasteiger partial charge on any atom is 0.335 e. The number of rotatable bonds is 8. The lowest BCUT2D eigenvalue weighted by molar-refractivity contribution is -0.145. The molecular formula is C32H36O7. The number of ether oxygens (including phenoxy) is 2. The van der Waals surface area contributed by atoms with Crippen LogP contribution in [0.25, 0.3) is 6.08 Å². The third-order valence-electron chi connectivity index (χ3n) is 5.38. The molecule has 7 heteroatoms. The highest BCUT2D eigenvalue weighted by atomic mass is 16.5. The van der Waals surface area contributed by atoms with Crippen molar-refractivity contribution in [3.63, 3.8) is 0 Å². The van der Waals surface area contributed by atoms with Crippen molar-refractivity contribution in [1.82, 2.24) is 0 Å². The summed E-state index contributed by atoms with van der Waals surface area (Å²) < 4.78 is 10.2. The quantitative estimate of drug-likeness (QED) is 0.175. The number of carboxylic acids is 1. The lowest BCUT2D eigenvalue weighted by Crippen LogP contribution is -2.20. The molecular weight excluding hydrogens is 496 g/mol. The minimum absolute atomic E-state index is 0.109. The fraction of sp³-hybridized carbons (Fsp3) is 0.250. The molecule has 0 spiro atoms. The monoisotopic (exact) mass is 532 g/mol. The number of carbonyl (C=O) groups excluding carboxylic acids is 3. The van der Waals surface area contributed by atoms with E-state index in [-0.39, 0.29) is 17.9 Å². The molecule has 0 radical (unpaired) electrons. The molecule has 1 saturated carbocycles. The van der Waals surface area contributed by atoms with Gasteiger partial charge in [-0.3, -0.25) is 4.79 Å². The van der Waals surface area contributed by atoms with Crippen LogP contribution in [0.5, 0.6) is 5.75 Å². The van der Waals surface area contributed by atoms with E-state index < -0.39 is 11.9 Å². The highest BCUT2D eigenvalue weighted by Gasteiger charge is 2.17. The molecule has 0 unspecified atom stereocenters. The van der Waals surface area contributed by atoms with Gasteiger partial charge in [-0.15, -0.1) is 0 Å². The molecule has 2 aromatic carbocycles. The molecule has 39 heavy (non-hydrogen) atoms. The molecule has 206 valence electrons. The first-order chi connectivity index (χ1) is 18.5. The number of carboxylic acid groups (broad SMARTS) is 1. The first kappa shape index (κ1) is 32.5. The van der Waals surface area contributed by atoms with Crippen molar-refractivity contribution in [3.05, 3.63) is 109 Å². The van der Waals surface area contributed by atoms with Gasteiger partial charge in [0.2, 0.25) is 0 Å². The summed E-state index contributed by atoms with van der Waals surface area (Å²) in [5, 5.41) is 7.60. The molecule has 0 atom stereocenters. The molecule has 0 aromatic heterocycles. The molecule has 0 amide bonds. The molecule has 0 aliphatic heterocycles. The molecule has 0 heterocycles. The Balaban J connectivity index is 0.000000373. The Morgan fingerprint density at radius 2 is 1.46 bits per heavy atom. The van der Waals surface area contributed by atoms with Crippen LogP contribution in [-0.4, -0.2) is 34.9 Å². The van der Waals surface area contributed by atoms with Gasteiger partial charge in [-0.05, 0) is 75.4 Å². The molecule has 7 nitrogen and oxygen atoms in total. The van der Waals surface area contributed by atoms with Crippen LogP contribution in [0.4, 0.5) is 0 Å². The third kappa shape index (κ3) is 14.1. The lowest BCUT2D eigenvalue weighted by Gasteiger charge is -2.21. The van der Waals surface area contributed by atoms with Gasteiger partial charge in [0.1, 0.15) is 11.9 Å². The standard InChI is InChI=1S/C19H16O3.C10H16O2.C3H4O2/c1-3-19(21)22-17-11-9-16(10-12-17)18(20)13-8-15-6-4-14(2)5-7-15;1-8(2)10(11)12-9-6-4-3-5-7-9;1-2-3(4)5/h3-13H,1H2,2H3;9H,1,3-7H2,2H3;2H,1H2,(H,4,5). The van der Waals surface area contributed by atoms with Crippen LogP contribution >= 0.6 is 0 Å². The predicted molar refractivity (Wildman–Crippen MR) is 152 cm³/mol. The molecule has 1 aliphatic carbocycles. The Labute approximate surface area is 230 Å². The van der Waals surface area contributed by atoms with E-state index in [9.17, 15) is 19.2 Å². The zero-order chi connectivity index (χ0) is 29.2. The summed E-state index contributed by atoms with van der Waals surface area (Å²) in [6.45, 7) is 13.5. The van der Waals surface area contributed by atoms with E-state index >= 15 is 0 Å². The average Bonchev–Trinajstić information content (AvgIpc) is 2.94. The fourth-order valence-corrected chi connectivity index (χ4v) is 3.23. The summed E-state index contributed by atoms with van der Waals surface area (Å²) in [4.78, 5) is 43.5. The van der Waals surface area contributed by atoms with E-state index in [1.165, 1.54) is 30.9 Å². The van der Waals surface area contributed by atoms with Gasteiger partial charge in [0.15, 0.2) is 5.78 Å². The second-order valence-electron chi connectivity index (χ2n) is 8.75. The number of ketones is 1. The number of esters is 2. The van der Waals surface area contributed by atoms with Crippen molar-refractivity contribution >= 4 is 29.8 Å². The fourth-order valence-electron chi connectivity index (χ4n) is 3.23. The van der Waals surface area contributed by atoms with Crippen molar-refractivity contribution in [2.24, 2.45) is 0 Å². The summed E-state index contributed by atoms with van der Waals surface area (Å²) in [6, 6.07) is 14.3. The average molecular weight is 533 g/mol. The second kappa shape index (κ2) is 17.9. The summed E-state index contributed by atoms with van der Waals surface area (Å²) >= 11 is 0. The van der Waals surface area contributed by atoms with Gasteiger partial charge in [-0.2, -0.15) is 0 Å². The molecule has 0 bridgehead atoms. The van der Waals surface area contributed by atoms with Gasteiger partial charge < -0.3 is 14.6 Å². The smallest absolute Gasteiger partial charge is 0.335 e. The van der Waals surface area contributed by atoms with Crippen LogP contribution in [0, 0.1) is 6.92 Å². The Morgan fingerprint density at radius 1 is 0.897 bits per heavy atom. The van der Waals surface area contributed by atoms with Crippen molar-refractivity contribution in [1.29, 1.82) is 0 Å². The van der Waals surface area contributed by atoms with Gasteiger partial charge in [0.05, 0.1) is 0 Å². The maximum absolute atomic E-state index is 12.1. The minimum atomic E-state index is -0.981. The molecule has 1 fully saturated rings. The first-order valence-electron chi connectivity index (χ1n) is 12.5. The van der Waals surface area contributed by atoms with Gasteiger partial charge in [-0.1, -0.05) is 62.1 Å². The van der Waals surface area contributed by atoms with E-state index in [4.69, 9.17) is 14.6 Å². The molecule has 1 N–H and O–H groups in total. The number of hydrogen-bond donors (Lipinski definition) is 1. The number of aliphatic carboxylic acids is 1. The van der Waals surface area contributed by atoms with E-state index in [1.54, 1.807) is 37.3 Å². The van der Waals surface area contributed by atoms with Gasteiger partial charge in [-0.25, -0.2) is 14.4 Å². The van der Waals surface area contributed by atoms with Crippen molar-refractivity contribution < 1.29 is 33.8 Å². The Kier molecular flexibility index (Phi) is 14.9. The number of benzene rings is 2. The Bertz CT molecular complexity index is 1170. The van der Waals surface area contributed by atoms with E-state index in [0.29, 0.717) is 16.9 Å². The van der Waals surface area contributed by atoms with E-state index in [0.717, 1.165) is 30.6 Å². The van der Waals surface area contributed by atoms with Crippen LogP contribution in [0.1, 0.15) is 60.5 Å². The van der Waals surface area contributed by atoms with Crippen LogP contribution in [0.15, 0.2) is 92.1 Å². The molecule has 3 rings (SSSR count). The normalized spacial score (nSPS) is 12.5. The molecule has 1 aliphatic rings. The summed E-state index contributed by atoms with van der Waals surface area (Å²) in [5.41, 5.74) is 3.17. The zero-order valence-electron chi connectivity index (χ0n) is 22.6. The summed E-state index contributed by atoms with van der Waals surface area (Å²) in [7, 11) is 0. The number of aryl methyl sites for hydroxylation is 1. The van der Waals surface area contributed by atoms with Crippen LogP contribution in [-0.2, 0) is 19.1 Å². The summed E-state index contributed by atoms with van der Waals surface area (Å²) in [6.07, 6.45) is 11.1.